The van der Waals surface area contributed by atoms with Gasteiger partial charge in [-0.15, -0.1) is 16.9 Å². The SMILES string of the molecule is CC1Cc2nnnn2-c2cc(Cl)ccc2S1. The Kier molecular flexibility index (Phi) is 2.37. The quantitative estimate of drug-likeness (QED) is 0.722. The number of rotatable bonds is 0. The smallest absolute Gasteiger partial charge is 0.157 e. The van der Waals surface area contributed by atoms with E-state index in [2.05, 4.69) is 22.4 Å². The molecular formula is C10H9ClN4S. The number of tetrazole rings is 1. The summed E-state index contributed by atoms with van der Waals surface area (Å²) in [6.45, 7) is 2.17. The minimum Gasteiger partial charge on any atom is -0.196 e. The van der Waals surface area contributed by atoms with Crippen LogP contribution in [0.3, 0.4) is 0 Å². The van der Waals surface area contributed by atoms with E-state index in [0.29, 0.717) is 10.3 Å². The van der Waals surface area contributed by atoms with Gasteiger partial charge in [-0.05, 0) is 28.6 Å². The summed E-state index contributed by atoms with van der Waals surface area (Å²) in [5.41, 5.74) is 0.974. The highest BCUT2D eigenvalue weighted by Gasteiger charge is 2.21. The third-order valence-corrected chi connectivity index (χ3v) is 3.88. The fourth-order valence-electron chi connectivity index (χ4n) is 1.79. The van der Waals surface area contributed by atoms with E-state index >= 15 is 0 Å². The first kappa shape index (κ1) is 10.1. The van der Waals surface area contributed by atoms with Gasteiger partial charge in [-0.1, -0.05) is 18.5 Å². The molecule has 0 radical (unpaired) electrons. The summed E-state index contributed by atoms with van der Waals surface area (Å²) in [5.74, 6) is 0.890. The first-order valence-electron chi connectivity index (χ1n) is 4.98. The molecule has 82 valence electrons. The Morgan fingerprint density at radius 1 is 1.50 bits per heavy atom. The summed E-state index contributed by atoms with van der Waals surface area (Å²) in [6.07, 6.45) is 0.865. The van der Waals surface area contributed by atoms with Crippen LogP contribution in [0.1, 0.15) is 12.7 Å². The summed E-state index contributed by atoms with van der Waals surface area (Å²) in [5, 5.41) is 12.9. The van der Waals surface area contributed by atoms with Crippen LogP contribution in [0.2, 0.25) is 5.02 Å². The Labute approximate surface area is 102 Å². The molecule has 4 nitrogen and oxygen atoms in total. The zero-order valence-electron chi connectivity index (χ0n) is 8.59. The molecule has 1 atom stereocenters. The van der Waals surface area contributed by atoms with Gasteiger partial charge in [-0.3, -0.25) is 0 Å². The average Bonchev–Trinajstić information content (AvgIpc) is 2.64. The molecule has 0 saturated heterocycles. The zero-order valence-corrected chi connectivity index (χ0v) is 10.2. The molecule has 0 fully saturated rings. The van der Waals surface area contributed by atoms with Crippen molar-refractivity contribution < 1.29 is 0 Å². The van der Waals surface area contributed by atoms with Gasteiger partial charge >= 0.3 is 0 Å². The van der Waals surface area contributed by atoms with Gasteiger partial charge in [0.25, 0.3) is 0 Å². The van der Waals surface area contributed by atoms with Gasteiger partial charge in [0.1, 0.15) is 0 Å². The molecule has 0 amide bonds. The molecule has 3 rings (SSSR count). The van der Waals surface area contributed by atoms with Crippen molar-refractivity contribution >= 4 is 23.4 Å². The minimum absolute atomic E-state index is 0.465. The van der Waals surface area contributed by atoms with Crippen LogP contribution in [-0.2, 0) is 6.42 Å². The van der Waals surface area contributed by atoms with E-state index in [9.17, 15) is 0 Å². The average molecular weight is 253 g/mol. The molecule has 1 aliphatic rings. The molecule has 2 aromatic rings. The molecule has 0 spiro atoms. The lowest BCUT2D eigenvalue weighted by atomic mass is 10.3. The van der Waals surface area contributed by atoms with Crippen LogP contribution in [0, 0.1) is 0 Å². The fourth-order valence-corrected chi connectivity index (χ4v) is 3.04. The topological polar surface area (TPSA) is 43.6 Å². The van der Waals surface area contributed by atoms with Crippen molar-refractivity contribution in [2.24, 2.45) is 0 Å². The Bertz CT molecular complexity index is 539. The minimum atomic E-state index is 0.465. The maximum atomic E-state index is 6.01. The summed E-state index contributed by atoms with van der Waals surface area (Å²) in [6, 6.07) is 5.83. The van der Waals surface area contributed by atoms with E-state index < -0.39 is 0 Å². The Balaban J connectivity index is 2.25. The number of benzene rings is 1. The second kappa shape index (κ2) is 3.75. The number of aromatic nitrogens is 4. The third-order valence-electron chi connectivity index (χ3n) is 2.48. The molecule has 1 aromatic carbocycles. The van der Waals surface area contributed by atoms with Crippen molar-refractivity contribution in [1.29, 1.82) is 0 Å². The lowest BCUT2D eigenvalue weighted by molar-refractivity contribution is 0.750. The Hall–Kier alpha value is -1.07. The highest BCUT2D eigenvalue weighted by Crippen LogP contribution is 2.35. The second-order valence-corrected chi connectivity index (χ2v) is 5.67. The second-order valence-electron chi connectivity index (χ2n) is 3.75. The predicted octanol–water partition coefficient (Wildman–Crippen LogP) is 2.35. The number of nitrogens with zero attached hydrogens (tertiary/aromatic N) is 4. The van der Waals surface area contributed by atoms with E-state index in [0.717, 1.165) is 17.9 Å². The van der Waals surface area contributed by atoms with Crippen LogP contribution >= 0.6 is 23.4 Å². The van der Waals surface area contributed by atoms with Crippen LogP contribution in [-0.4, -0.2) is 25.5 Å². The molecule has 0 N–H and O–H groups in total. The van der Waals surface area contributed by atoms with Crippen LogP contribution in [0.5, 0.6) is 0 Å². The number of fused-ring (bicyclic) bond motifs is 3. The van der Waals surface area contributed by atoms with Gasteiger partial charge in [0, 0.05) is 21.6 Å². The van der Waals surface area contributed by atoms with E-state index in [1.54, 1.807) is 4.68 Å². The monoisotopic (exact) mass is 252 g/mol. The molecular weight excluding hydrogens is 244 g/mol. The summed E-state index contributed by atoms with van der Waals surface area (Å²) in [7, 11) is 0. The highest BCUT2D eigenvalue weighted by atomic mass is 35.5. The number of thioether (sulfide) groups is 1. The van der Waals surface area contributed by atoms with Gasteiger partial charge in [-0.25, -0.2) is 0 Å². The molecule has 0 aliphatic carbocycles. The first-order chi connectivity index (χ1) is 7.74. The zero-order chi connectivity index (χ0) is 11.1. The molecule has 2 heterocycles. The summed E-state index contributed by atoms with van der Waals surface area (Å²) in [4.78, 5) is 1.17. The fraction of sp³-hybridized carbons (Fsp3) is 0.300. The molecule has 1 aliphatic heterocycles. The van der Waals surface area contributed by atoms with Crippen molar-refractivity contribution in [3.05, 3.63) is 29.0 Å². The van der Waals surface area contributed by atoms with Crippen molar-refractivity contribution in [3.63, 3.8) is 0 Å². The van der Waals surface area contributed by atoms with E-state index in [1.807, 2.05) is 30.0 Å². The maximum Gasteiger partial charge on any atom is 0.157 e. The van der Waals surface area contributed by atoms with Crippen LogP contribution in [0.25, 0.3) is 5.69 Å². The molecule has 0 saturated carbocycles. The van der Waals surface area contributed by atoms with Crippen LogP contribution < -0.4 is 0 Å². The largest absolute Gasteiger partial charge is 0.196 e. The van der Waals surface area contributed by atoms with Gasteiger partial charge in [0.2, 0.25) is 0 Å². The predicted molar refractivity (Wildman–Crippen MR) is 63.2 cm³/mol. The summed E-state index contributed by atoms with van der Waals surface area (Å²) >= 11 is 7.82. The van der Waals surface area contributed by atoms with Gasteiger partial charge in [-0.2, -0.15) is 4.68 Å². The van der Waals surface area contributed by atoms with E-state index in [-0.39, 0.29) is 0 Å². The van der Waals surface area contributed by atoms with Gasteiger partial charge in [0.05, 0.1) is 5.69 Å². The van der Waals surface area contributed by atoms with Crippen molar-refractivity contribution in [2.75, 3.05) is 0 Å². The number of hydrogen-bond acceptors (Lipinski definition) is 4. The van der Waals surface area contributed by atoms with Crippen molar-refractivity contribution in [1.82, 2.24) is 20.2 Å². The van der Waals surface area contributed by atoms with Crippen molar-refractivity contribution in [2.45, 2.75) is 23.5 Å². The van der Waals surface area contributed by atoms with E-state index in [1.165, 1.54) is 4.90 Å². The molecule has 0 bridgehead atoms. The highest BCUT2D eigenvalue weighted by molar-refractivity contribution is 8.00. The maximum absolute atomic E-state index is 6.01. The van der Waals surface area contributed by atoms with Crippen molar-refractivity contribution in [3.8, 4) is 5.69 Å². The molecule has 6 heteroatoms. The van der Waals surface area contributed by atoms with Crippen LogP contribution in [0.4, 0.5) is 0 Å². The molecule has 1 unspecified atom stereocenters. The standard InChI is InChI=1S/C10H9ClN4S/c1-6-4-10-12-13-14-15(10)8-5-7(11)2-3-9(8)16-6/h2-3,5-6H,4H2,1H3. The molecule has 1 aromatic heterocycles. The summed E-state index contributed by atoms with van der Waals surface area (Å²) < 4.78 is 1.78. The lowest BCUT2D eigenvalue weighted by Crippen LogP contribution is -2.05. The Morgan fingerprint density at radius 3 is 3.25 bits per heavy atom. The van der Waals surface area contributed by atoms with Crippen LogP contribution in [0.15, 0.2) is 23.1 Å². The van der Waals surface area contributed by atoms with Gasteiger partial charge < -0.3 is 0 Å². The lowest BCUT2D eigenvalue weighted by Gasteiger charge is -2.07. The Morgan fingerprint density at radius 2 is 2.38 bits per heavy atom. The van der Waals surface area contributed by atoms with E-state index in [4.69, 9.17) is 11.6 Å². The molecule has 16 heavy (non-hydrogen) atoms. The number of halogens is 1. The normalized spacial score (nSPS) is 18.8. The third kappa shape index (κ3) is 1.60. The first-order valence-corrected chi connectivity index (χ1v) is 6.23. The number of hydrogen-bond donors (Lipinski definition) is 0. The van der Waals surface area contributed by atoms with Gasteiger partial charge in [0.15, 0.2) is 5.82 Å².